The van der Waals surface area contributed by atoms with Crippen LogP contribution in [0.15, 0.2) is 11.1 Å². The Morgan fingerprint density at radius 1 is 1.58 bits per heavy atom. The summed E-state index contributed by atoms with van der Waals surface area (Å²) in [5.74, 6) is -0.547. The van der Waals surface area contributed by atoms with Gasteiger partial charge >= 0.3 is 5.97 Å². The Morgan fingerprint density at radius 2 is 2.08 bits per heavy atom. The maximum atomic E-state index is 11.0. The third kappa shape index (κ3) is 2.66. The molecule has 0 aromatic carbocycles. The van der Waals surface area contributed by atoms with E-state index < -0.39 is 5.97 Å². The van der Waals surface area contributed by atoms with Crippen LogP contribution in [0.1, 0.15) is 20.3 Å². The quantitative estimate of drug-likeness (QED) is 0.420. The van der Waals surface area contributed by atoms with Gasteiger partial charge in [-0.2, -0.15) is 0 Å². The monoisotopic (exact) mass is 189 g/mol. The van der Waals surface area contributed by atoms with Crippen LogP contribution in [0.2, 0.25) is 0 Å². The van der Waals surface area contributed by atoms with Gasteiger partial charge in [0, 0.05) is 0 Å². The van der Waals surface area contributed by atoms with E-state index in [1.807, 2.05) is 6.92 Å². The lowest BCUT2D eigenvalue weighted by atomic mass is 10.1. The summed E-state index contributed by atoms with van der Waals surface area (Å²) in [5, 5.41) is 6.86. The second-order valence-corrected chi connectivity index (χ2v) is 2.69. The SMILES string of the molecule is CC/C(C)=C(/C(=N)Cl)C(=O)OC. The lowest BCUT2D eigenvalue weighted by molar-refractivity contribution is -0.135. The van der Waals surface area contributed by atoms with E-state index in [2.05, 4.69) is 4.74 Å². The summed E-state index contributed by atoms with van der Waals surface area (Å²) in [6, 6.07) is 0. The van der Waals surface area contributed by atoms with E-state index >= 15 is 0 Å². The fourth-order valence-corrected chi connectivity index (χ4v) is 0.968. The smallest absolute Gasteiger partial charge is 0.340 e. The predicted octanol–water partition coefficient (Wildman–Crippen LogP) is 2.10. The number of allylic oxidation sites excluding steroid dienone is 1. The van der Waals surface area contributed by atoms with Crippen LogP contribution in [0.3, 0.4) is 0 Å². The summed E-state index contributed by atoms with van der Waals surface area (Å²) in [4.78, 5) is 11.0. The van der Waals surface area contributed by atoms with E-state index in [0.29, 0.717) is 6.42 Å². The molecule has 0 heterocycles. The molecule has 0 saturated carbocycles. The van der Waals surface area contributed by atoms with Gasteiger partial charge in [0.15, 0.2) is 0 Å². The molecule has 0 saturated heterocycles. The minimum atomic E-state index is -0.547. The van der Waals surface area contributed by atoms with E-state index in [4.69, 9.17) is 17.0 Å². The maximum absolute atomic E-state index is 11.0. The molecule has 0 fully saturated rings. The topological polar surface area (TPSA) is 50.2 Å². The summed E-state index contributed by atoms with van der Waals surface area (Å²) in [7, 11) is 1.27. The molecular weight excluding hydrogens is 178 g/mol. The van der Waals surface area contributed by atoms with E-state index in [0.717, 1.165) is 5.57 Å². The number of methoxy groups -OCH3 is 1. The van der Waals surface area contributed by atoms with Crippen LogP contribution in [-0.4, -0.2) is 18.2 Å². The molecule has 0 aliphatic carbocycles. The van der Waals surface area contributed by atoms with Crippen molar-refractivity contribution in [2.75, 3.05) is 7.11 Å². The number of rotatable bonds is 3. The van der Waals surface area contributed by atoms with Gasteiger partial charge in [0.05, 0.1) is 12.7 Å². The van der Waals surface area contributed by atoms with Gasteiger partial charge in [-0.05, 0) is 13.3 Å². The van der Waals surface area contributed by atoms with Gasteiger partial charge in [-0.25, -0.2) is 4.79 Å². The normalized spacial score (nSPS) is 12.0. The number of esters is 1. The Hall–Kier alpha value is -0.830. The fraction of sp³-hybridized carbons (Fsp3) is 0.500. The molecule has 0 aromatic rings. The van der Waals surface area contributed by atoms with Crippen molar-refractivity contribution in [3.8, 4) is 0 Å². The van der Waals surface area contributed by atoms with Crippen LogP contribution in [0.25, 0.3) is 0 Å². The lowest BCUT2D eigenvalue weighted by Gasteiger charge is -2.05. The van der Waals surface area contributed by atoms with Crippen LogP contribution in [-0.2, 0) is 9.53 Å². The second-order valence-electron chi connectivity index (χ2n) is 2.31. The zero-order valence-corrected chi connectivity index (χ0v) is 8.16. The fourth-order valence-electron chi connectivity index (χ4n) is 0.730. The Morgan fingerprint density at radius 3 is 2.33 bits per heavy atom. The van der Waals surface area contributed by atoms with E-state index in [-0.39, 0.29) is 10.7 Å². The van der Waals surface area contributed by atoms with Crippen molar-refractivity contribution in [2.24, 2.45) is 0 Å². The zero-order chi connectivity index (χ0) is 9.72. The summed E-state index contributed by atoms with van der Waals surface area (Å²) >= 11 is 5.42. The number of hydrogen-bond donors (Lipinski definition) is 1. The summed E-state index contributed by atoms with van der Waals surface area (Å²) in [5.41, 5.74) is 0.934. The first-order valence-electron chi connectivity index (χ1n) is 3.57. The molecule has 0 atom stereocenters. The average Bonchev–Trinajstić information content (AvgIpc) is 2.03. The van der Waals surface area contributed by atoms with E-state index in [1.165, 1.54) is 7.11 Å². The van der Waals surface area contributed by atoms with Gasteiger partial charge in [0.25, 0.3) is 0 Å². The molecule has 3 nitrogen and oxygen atoms in total. The van der Waals surface area contributed by atoms with Crippen molar-refractivity contribution in [1.29, 1.82) is 5.41 Å². The third-order valence-corrected chi connectivity index (χ3v) is 1.76. The molecule has 0 radical (unpaired) electrons. The highest BCUT2D eigenvalue weighted by Crippen LogP contribution is 2.12. The predicted molar refractivity (Wildman–Crippen MR) is 48.6 cm³/mol. The Labute approximate surface area is 76.9 Å². The number of carbonyl (C=O) groups excluding carboxylic acids is 1. The molecule has 0 unspecified atom stereocenters. The number of carbonyl (C=O) groups is 1. The summed E-state index contributed by atoms with van der Waals surface area (Å²) < 4.78 is 4.47. The van der Waals surface area contributed by atoms with Gasteiger partial charge in [-0.15, -0.1) is 0 Å². The van der Waals surface area contributed by atoms with Gasteiger partial charge in [-0.1, -0.05) is 24.1 Å². The molecule has 0 aromatic heterocycles. The van der Waals surface area contributed by atoms with Gasteiger partial charge in [-0.3, -0.25) is 5.41 Å². The van der Waals surface area contributed by atoms with Gasteiger partial charge < -0.3 is 4.74 Å². The van der Waals surface area contributed by atoms with Crippen molar-refractivity contribution in [1.82, 2.24) is 0 Å². The molecule has 0 amide bonds. The molecule has 0 aliphatic rings. The second kappa shape index (κ2) is 4.93. The van der Waals surface area contributed by atoms with Gasteiger partial charge in [0.1, 0.15) is 5.17 Å². The summed E-state index contributed by atoms with van der Waals surface area (Å²) in [6.45, 7) is 3.64. The van der Waals surface area contributed by atoms with Crippen molar-refractivity contribution >= 4 is 22.7 Å². The first-order chi connectivity index (χ1) is 5.54. The first-order valence-corrected chi connectivity index (χ1v) is 3.94. The molecule has 1 N–H and O–H groups in total. The Balaban J connectivity index is 4.91. The van der Waals surface area contributed by atoms with Crippen LogP contribution in [0, 0.1) is 5.41 Å². The van der Waals surface area contributed by atoms with Crippen LogP contribution >= 0.6 is 11.6 Å². The van der Waals surface area contributed by atoms with Crippen molar-refractivity contribution in [3.05, 3.63) is 11.1 Å². The Kier molecular flexibility index (Phi) is 4.59. The standard InChI is InChI=1S/C8H12ClNO2/c1-4-5(2)6(7(9)10)8(11)12-3/h10H,4H2,1-3H3/b6-5-,10-7?. The number of halogens is 1. The molecular formula is C8H12ClNO2. The van der Waals surface area contributed by atoms with Crippen molar-refractivity contribution in [2.45, 2.75) is 20.3 Å². The molecule has 12 heavy (non-hydrogen) atoms. The highest BCUT2D eigenvalue weighted by molar-refractivity contribution is 6.71. The van der Waals surface area contributed by atoms with Crippen molar-refractivity contribution < 1.29 is 9.53 Å². The molecule has 4 heteroatoms. The van der Waals surface area contributed by atoms with Crippen molar-refractivity contribution in [3.63, 3.8) is 0 Å². The summed E-state index contributed by atoms with van der Waals surface area (Å²) in [6.07, 6.45) is 0.680. The highest BCUT2D eigenvalue weighted by atomic mass is 35.5. The third-order valence-electron chi connectivity index (χ3n) is 1.57. The molecule has 0 bridgehead atoms. The zero-order valence-electron chi connectivity index (χ0n) is 7.40. The molecule has 0 rings (SSSR count). The molecule has 68 valence electrons. The molecule has 0 spiro atoms. The van der Waals surface area contributed by atoms with E-state index in [1.54, 1.807) is 6.92 Å². The van der Waals surface area contributed by atoms with Crippen LogP contribution in [0.5, 0.6) is 0 Å². The minimum Gasteiger partial charge on any atom is -0.465 e. The largest absolute Gasteiger partial charge is 0.465 e. The molecule has 0 aliphatic heterocycles. The average molecular weight is 190 g/mol. The van der Waals surface area contributed by atoms with Crippen LogP contribution in [0.4, 0.5) is 0 Å². The number of hydrogen-bond acceptors (Lipinski definition) is 3. The minimum absolute atomic E-state index is 0.168. The van der Waals surface area contributed by atoms with E-state index in [9.17, 15) is 4.79 Å². The maximum Gasteiger partial charge on any atom is 0.340 e. The van der Waals surface area contributed by atoms with Crippen LogP contribution < -0.4 is 0 Å². The number of nitrogens with one attached hydrogen (secondary N) is 1. The first kappa shape index (κ1) is 11.2. The Bertz CT molecular complexity index is 233. The van der Waals surface area contributed by atoms with Gasteiger partial charge in [0.2, 0.25) is 0 Å². The highest BCUT2D eigenvalue weighted by Gasteiger charge is 2.15. The number of ether oxygens (including phenoxy) is 1. The lowest BCUT2D eigenvalue weighted by Crippen LogP contribution is -2.11.